The second-order valence-corrected chi connectivity index (χ2v) is 7.67. The predicted octanol–water partition coefficient (Wildman–Crippen LogP) is 4.59. The van der Waals surface area contributed by atoms with Gasteiger partial charge in [-0.2, -0.15) is 0 Å². The summed E-state index contributed by atoms with van der Waals surface area (Å²) in [7, 11) is -2.08. The zero-order valence-electron chi connectivity index (χ0n) is 12.3. The fourth-order valence-corrected chi connectivity index (χ4v) is 4.39. The van der Waals surface area contributed by atoms with Crippen LogP contribution in [0.2, 0.25) is 6.04 Å². The molecule has 0 saturated carbocycles. The highest BCUT2D eigenvalue weighted by molar-refractivity contribution is 6.72. The van der Waals surface area contributed by atoms with Crippen LogP contribution in [0.4, 0.5) is 0 Å². The summed E-state index contributed by atoms with van der Waals surface area (Å²) in [5.41, 5.74) is 2.25. The Morgan fingerprint density at radius 3 is 2.35 bits per heavy atom. The van der Waals surface area contributed by atoms with E-state index in [1.165, 1.54) is 12.8 Å². The highest BCUT2D eigenvalue weighted by Crippen LogP contribution is 2.19. The molecule has 0 radical (unpaired) electrons. The molecule has 0 aromatic rings. The summed E-state index contributed by atoms with van der Waals surface area (Å²) in [6.45, 7) is 11.5. The monoisotopic (exact) mass is 258 g/mol. The predicted molar refractivity (Wildman–Crippen MR) is 77.4 cm³/mol. The molecule has 0 aromatic heterocycles. The molecule has 2 atom stereocenters. The third kappa shape index (κ3) is 7.01. The van der Waals surface area contributed by atoms with Gasteiger partial charge in [-0.3, -0.25) is 0 Å². The molecule has 0 rings (SSSR count). The zero-order chi connectivity index (χ0) is 13.1. The second kappa shape index (κ2) is 9.86. The molecule has 0 aliphatic carbocycles. The molecule has 2 nitrogen and oxygen atoms in total. The van der Waals surface area contributed by atoms with Gasteiger partial charge >= 0.3 is 8.56 Å². The first-order valence-electron chi connectivity index (χ1n) is 7.13. The Hall–Kier alpha value is -0.123. The van der Waals surface area contributed by atoms with E-state index >= 15 is 0 Å². The molecular weight excluding hydrogens is 228 g/mol. The summed E-state index contributed by atoms with van der Waals surface area (Å²) < 4.78 is 12.1. The van der Waals surface area contributed by atoms with Crippen LogP contribution in [0.1, 0.15) is 60.3 Å². The maximum atomic E-state index is 6.19. The molecule has 102 valence electrons. The van der Waals surface area contributed by atoms with Crippen molar-refractivity contribution in [2.45, 2.75) is 72.5 Å². The minimum atomic E-state index is -2.08. The van der Waals surface area contributed by atoms with Crippen molar-refractivity contribution >= 4 is 8.56 Å². The first-order chi connectivity index (χ1) is 8.14. The molecule has 3 heteroatoms. The molecule has 0 N–H and O–H groups in total. The van der Waals surface area contributed by atoms with E-state index in [1.807, 2.05) is 0 Å². The van der Waals surface area contributed by atoms with Gasteiger partial charge in [0.1, 0.15) is 0 Å². The maximum Gasteiger partial charge on any atom is 0.364 e. The molecule has 0 aromatic carbocycles. The highest BCUT2D eigenvalue weighted by atomic mass is 28.4. The van der Waals surface area contributed by atoms with Crippen molar-refractivity contribution in [1.82, 2.24) is 0 Å². The molecule has 0 bridgehead atoms. The van der Waals surface area contributed by atoms with Crippen LogP contribution in [0.5, 0.6) is 0 Å². The Kier molecular flexibility index (Phi) is 9.79. The van der Waals surface area contributed by atoms with Crippen molar-refractivity contribution in [2.24, 2.45) is 0 Å². The van der Waals surface area contributed by atoms with Crippen molar-refractivity contribution in [3.63, 3.8) is 0 Å². The fraction of sp³-hybridized carbons (Fsp3) is 0.857. The highest BCUT2D eigenvalue weighted by Gasteiger charge is 2.33. The van der Waals surface area contributed by atoms with E-state index in [0.717, 1.165) is 25.5 Å². The van der Waals surface area contributed by atoms with Crippen LogP contribution in [0.25, 0.3) is 0 Å². The van der Waals surface area contributed by atoms with Crippen LogP contribution < -0.4 is 0 Å². The third-order valence-corrected chi connectivity index (χ3v) is 6.26. The lowest BCUT2D eigenvalue weighted by Gasteiger charge is -2.29. The van der Waals surface area contributed by atoms with E-state index in [1.54, 1.807) is 0 Å². The number of hydrogen-bond acceptors (Lipinski definition) is 2. The third-order valence-electron chi connectivity index (χ3n) is 2.95. The number of unbranched alkanes of at least 4 members (excludes halogenated alkanes) is 2. The van der Waals surface area contributed by atoms with Crippen LogP contribution in [-0.4, -0.2) is 21.3 Å². The average Bonchev–Trinajstić information content (AvgIpc) is 2.34. The minimum absolute atomic E-state index is 0.295. The topological polar surface area (TPSA) is 18.5 Å². The van der Waals surface area contributed by atoms with Crippen molar-refractivity contribution < 1.29 is 8.85 Å². The molecule has 0 saturated heterocycles. The van der Waals surface area contributed by atoms with E-state index in [-0.39, 0.29) is 0 Å². The van der Waals surface area contributed by atoms with E-state index < -0.39 is 8.56 Å². The zero-order valence-corrected chi connectivity index (χ0v) is 13.3. The summed E-state index contributed by atoms with van der Waals surface area (Å²) in [4.78, 5) is 0. The van der Waals surface area contributed by atoms with Crippen LogP contribution in [0.15, 0.2) is 11.8 Å². The Bertz CT molecular complexity index is 206. The molecule has 0 spiro atoms. The molecule has 0 fully saturated rings. The maximum absolute atomic E-state index is 6.19. The van der Waals surface area contributed by atoms with Crippen molar-refractivity contribution in [1.29, 1.82) is 0 Å². The summed E-state index contributed by atoms with van der Waals surface area (Å²) >= 11 is 0. The van der Waals surface area contributed by atoms with Gasteiger partial charge in [-0.25, -0.2) is 0 Å². The lowest BCUT2D eigenvalue weighted by Crippen LogP contribution is -2.42. The molecule has 0 amide bonds. The van der Waals surface area contributed by atoms with E-state index in [0.29, 0.717) is 6.10 Å². The van der Waals surface area contributed by atoms with Gasteiger partial charge in [0.05, 0.1) is 0 Å². The quantitative estimate of drug-likeness (QED) is 0.421. The first kappa shape index (κ1) is 16.9. The van der Waals surface area contributed by atoms with Gasteiger partial charge in [0.2, 0.25) is 0 Å². The van der Waals surface area contributed by atoms with Crippen LogP contribution in [-0.2, 0) is 8.85 Å². The van der Waals surface area contributed by atoms with Crippen molar-refractivity contribution in [3.8, 4) is 0 Å². The van der Waals surface area contributed by atoms with Crippen LogP contribution in [0, 0.1) is 0 Å². The minimum Gasteiger partial charge on any atom is -0.392 e. The van der Waals surface area contributed by atoms with Gasteiger partial charge in [0.25, 0.3) is 0 Å². The molecule has 0 aliphatic rings. The summed E-state index contributed by atoms with van der Waals surface area (Å²) in [5, 5.41) is 0. The largest absolute Gasteiger partial charge is 0.392 e. The first-order valence-corrected chi connectivity index (χ1v) is 9.23. The lowest BCUT2D eigenvalue weighted by atomic mass is 10.2. The molecule has 2 unspecified atom stereocenters. The van der Waals surface area contributed by atoms with E-state index in [2.05, 4.69) is 46.4 Å². The SMILES string of the molecule is CCCCC=C[Si](CC)(OCC)OC(C)CC. The normalized spacial score (nSPS) is 17.2. The smallest absolute Gasteiger partial charge is 0.364 e. The Morgan fingerprint density at radius 2 is 1.88 bits per heavy atom. The van der Waals surface area contributed by atoms with E-state index in [4.69, 9.17) is 8.85 Å². The Morgan fingerprint density at radius 1 is 1.18 bits per heavy atom. The number of rotatable bonds is 10. The van der Waals surface area contributed by atoms with Crippen molar-refractivity contribution in [2.75, 3.05) is 6.61 Å². The van der Waals surface area contributed by atoms with Gasteiger partial charge in [-0.05, 0) is 38.4 Å². The fourth-order valence-electron chi connectivity index (χ4n) is 1.68. The molecular formula is C14H30O2Si. The summed E-state index contributed by atoms with van der Waals surface area (Å²) in [6, 6.07) is 0.994. The van der Waals surface area contributed by atoms with Gasteiger partial charge in [0.15, 0.2) is 0 Å². The van der Waals surface area contributed by atoms with E-state index in [9.17, 15) is 0 Å². The van der Waals surface area contributed by atoms with Gasteiger partial charge in [-0.15, -0.1) is 0 Å². The van der Waals surface area contributed by atoms with Crippen molar-refractivity contribution in [3.05, 3.63) is 11.8 Å². The van der Waals surface area contributed by atoms with Crippen LogP contribution in [0.3, 0.4) is 0 Å². The van der Waals surface area contributed by atoms with Gasteiger partial charge in [0, 0.05) is 12.7 Å². The number of hydrogen-bond donors (Lipinski definition) is 0. The molecule has 0 aliphatic heterocycles. The van der Waals surface area contributed by atoms with Crippen LogP contribution >= 0.6 is 0 Å². The standard InChI is InChI=1S/C14H30O2Si/c1-6-10-11-12-13-17(9-4,15-8-3)16-14(5)7-2/h12-14H,6-11H2,1-5H3. The van der Waals surface area contributed by atoms with Gasteiger partial charge < -0.3 is 8.85 Å². The molecule has 0 heterocycles. The average molecular weight is 258 g/mol. The molecule has 17 heavy (non-hydrogen) atoms. The Balaban J connectivity index is 4.51. The van der Waals surface area contributed by atoms with Gasteiger partial charge in [-0.1, -0.05) is 39.7 Å². The Labute approximate surface area is 109 Å². The summed E-state index contributed by atoms with van der Waals surface area (Å²) in [6.07, 6.45) is 7.24. The summed E-state index contributed by atoms with van der Waals surface area (Å²) in [5.74, 6) is 0. The number of allylic oxidation sites excluding steroid dienone is 1. The lowest BCUT2D eigenvalue weighted by molar-refractivity contribution is 0.133. The second-order valence-electron chi connectivity index (χ2n) is 4.48.